The number of hydrogen-bond donors (Lipinski definition) is 2. The normalized spacial score (nSPS) is 10.6. The summed E-state index contributed by atoms with van der Waals surface area (Å²) in [6.45, 7) is 0. The third kappa shape index (κ3) is 1.90. The van der Waals surface area contributed by atoms with E-state index in [2.05, 4.69) is 4.98 Å². The van der Waals surface area contributed by atoms with Gasteiger partial charge in [0, 0.05) is 0 Å². The monoisotopic (exact) mass is 221 g/mol. The van der Waals surface area contributed by atoms with Crippen LogP contribution in [-0.2, 0) is 0 Å². The Bertz CT molecular complexity index is 383. The number of nitrogens with two attached hydrogens (primary N) is 2. The first kappa shape index (κ1) is 10.6. The van der Waals surface area contributed by atoms with Crippen molar-refractivity contribution in [3.8, 4) is 0 Å². The van der Waals surface area contributed by atoms with Crippen LogP contribution in [0.15, 0.2) is 6.07 Å². The number of alkyl halides is 2. The highest BCUT2D eigenvalue weighted by Crippen LogP contribution is 2.26. The zero-order chi connectivity index (χ0) is 10.9. The maximum atomic E-state index is 12.2. The van der Waals surface area contributed by atoms with Gasteiger partial charge in [-0.3, -0.25) is 4.79 Å². The number of nitrogens with zero attached hydrogens (tertiary/aromatic N) is 1. The van der Waals surface area contributed by atoms with Crippen molar-refractivity contribution in [3.63, 3.8) is 0 Å². The Kier molecular flexibility index (Phi) is 2.85. The second-order valence-electron chi connectivity index (χ2n) is 2.47. The summed E-state index contributed by atoms with van der Waals surface area (Å²) in [5.41, 5.74) is 9.32. The van der Waals surface area contributed by atoms with Crippen LogP contribution in [0.2, 0.25) is 0 Å². The van der Waals surface area contributed by atoms with Gasteiger partial charge in [-0.05, 0) is 17.7 Å². The summed E-state index contributed by atoms with van der Waals surface area (Å²) in [5.74, 6) is -0.352. The highest BCUT2D eigenvalue weighted by atomic mass is 35.5. The quantitative estimate of drug-likeness (QED) is 0.743. The van der Waals surface area contributed by atoms with Gasteiger partial charge in [-0.1, -0.05) is 0 Å². The second kappa shape index (κ2) is 3.75. The number of halogens is 3. The summed E-state index contributed by atoms with van der Waals surface area (Å²) in [6, 6.07) is 0.985. The summed E-state index contributed by atoms with van der Waals surface area (Å²) >= 11 is 5.11. The third-order valence-electron chi connectivity index (χ3n) is 1.53. The van der Waals surface area contributed by atoms with Gasteiger partial charge in [0.15, 0.2) is 0 Å². The van der Waals surface area contributed by atoms with Crippen molar-refractivity contribution in [1.82, 2.24) is 4.98 Å². The highest BCUT2D eigenvalue weighted by Gasteiger charge is 2.18. The van der Waals surface area contributed by atoms with Gasteiger partial charge >= 0.3 is 0 Å². The lowest BCUT2D eigenvalue weighted by Gasteiger charge is -2.06. The molecule has 76 valence electrons. The fourth-order valence-electron chi connectivity index (χ4n) is 0.890. The first-order valence-corrected chi connectivity index (χ1v) is 3.85. The van der Waals surface area contributed by atoms with Gasteiger partial charge in [0.1, 0.15) is 11.5 Å². The van der Waals surface area contributed by atoms with Gasteiger partial charge in [-0.15, -0.1) is 0 Å². The molecule has 0 aliphatic carbocycles. The molecule has 0 aliphatic heterocycles. The van der Waals surface area contributed by atoms with Crippen molar-refractivity contribution in [2.24, 2.45) is 0 Å². The number of hydrogen-bond acceptors (Lipinski definition) is 4. The van der Waals surface area contributed by atoms with Crippen LogP contribution in [0.25, 0.3) is 0 Å². The topological polar surface area (TPSA) is 82.0 Å². The third-order valence-corrected chi connectivity index (χ3v) is 1.73. The van der Waals surface area contributed by atoms with E-state index in [1.807, 2.05) is 0 Å². The molecule has 0 atom stereocenters. The Morgan fingerprint density at radius 2 is 2.07 bits per heavy atom. The van der Waals surface area contributed by atoms with Crippen molar-refractivity contribution >= 4 is 28.3 Å². The minimum Gasteiger partial charge on any atom is -0.397 e. The summed E-state index contributed by atoms with van der Waals surface area (Å²) in [7, 11) is 0. The molecule has 1 aromatic rings. The molecule has 1 rings (SSSR count). The van der Waals surface area contributed by atoms with E-state index in [1.165, 1.54) is 0 Å². The van der Waals surface area contributed by atoms with Crippen molar-refractivity contribution < 1.29 is 13.6 Å². The summed E-state index contributed by atoms with van der Waals surface area (Å²) in [6.07, 6.45) is -2.84. The van der Waals surface area contributed by atoms with E-state index in [1.54, 1.807) is 0 Å². The minimum atomic E-state index is -2.84. The number of pyridine rings is 1. The molecule has 4 nitrogen and oxygen atoms in total. The number of carbonyl (C=O) groups is 1. The Hall–Kier alpha value is -1.43. The maximum Gasteiger partial charge on any atom is 0.282 e. The lowest BCUT2D eigenvalue weighted by Crippen LogP contribution is -2.07. The second-order valence-corrected chi connectivity index (χ2v) is 2.81. The van der Waals surface area contributed by atoms with E-state index in [9.17, 15) is 13.6 Å². The molecule has 0 spiro atoms. The molecule has 0 saturated carbocycles. The first-order valence-electron chi connectivity index (χ1n) is 3.47. The molecule has 14 heavy (non-hydrogen) atoms. The molecule has 0 unspecified atom stereocenters. The zero-order valence-corrected chi connectivity index (χ0v) is 7.55. The van der Waals surface area contributed by atoms with Crippen LogP contribution in [-0.4, -0.2) is 10.2 Å². The molecule has 7 heteroatoms. The molecule has 0 saturated heterocycles. The van der Waals surface area contributed by atoms with Crippen molar-refractivity contribution in [2.75, 3.05) is 11.5 Å². The van der Waals surface area contributed by atoms with Crippen LogP contribution in [0.1, 0.15) is 22.5 Å². The van der Waals surface area contributed by atoms with E-state index in [-0.39, 0.29) is 17.1 Å². The van der Waals surface area contributed by atoms with E-state index < -0.39 is 17.4 Å². The smallest absolute Gasteiger partial charge is 0.282 e. The number of rotatable bonds is 2. The molecule has 0 fully saturated rings. The Balaban J connectivity index is 3.31. The molecule has 0 bridgehead atoms. The number of carbonyl (C=O) groups excluding carboxylic acids is 1. The van der Waals surface area contributed by atoms with Crippen LogP contribution in [0.3, 0.4) is 0 Å². The average molecular weight is 222 g/mol. The van der Waals surface area contributed by atoms with E-state index in [4.69, 9.17) is 23.1 Å². The van der Waals surface area contributed by atoms with Gasteiger partial charge in [-0.2, -0.15) is 0 Å². The molecule has 0 amide bonds. The number of aromatic nitrogens is 1. The molecule has 4 N–H and O–H groups in total. The van der Waals surface area contributed by atoms with Gasteiger partial charge in [-0.25, -0.2) is 13.8 Å². The minimum absolute atomic E-state index is 0.173. The van der Waals surface area contributed by atoms with Crippen LogP contribution >= 0.6 is 11.6 Å². The van der Waals surface area contributed by atoms with Crippen LogP contribution in [0.5, 0.6) is 0 Å². The molecule has 0 radical (unpaired) electrons. The van der Waals surface area contributed by atoms with Crippen LogP contribution < -0.4 is 11.5 Å². The van der Waals surface area contributed by atoms with Crippen LogP contribution in [0.4, 0.5) is 20.3 Å². The van der Waals surface area contributed by atoms with Crippen molar-refractivity contribution in [3.05, 3.63) is 17.3 Å². The summed E-state index contributed by atoms with van der Waals surface area (Å²) in [4.78, 5) is 14.0. The van der Waals surface area contributed by atoms with Crippen molar-refractivity contribution in [2.45, 2.75) is 6.43 Å². The maximum absolute atomic E-state index is 12.2. The predicted molar refractivity (Wildman–Crippen MR) is 48.2 cm³/mol. The fraction of sp³-hybridized carbons (Fsp3) is 0.143. The number of nitrogen functional groups attached to an aromatic ring is 2. The summed E-state index contributed by atoms with van der Waals surface area (Å²) in [5, 5.41) is -0.887. The molecule has 1 heterocycles. The highest BCUT2D eigenvalue weighted by molar-refractivity contribution is 6.68. The lowest BCUT2D eigenvalue weighted by atomic mass is 10.2. The largest absolute Gasteiger partial charge is 0.397 e. The van der Waals surface area contributed by atoms with E-state index >= 15 is 0 Å². The summed E-state index contributed by atoms with van der Waals surface area (Å²) < 4.78 is 24.4. The Morgan fingerprint density at radius 1 is 1.50 bits per heavy atom. The van der Waals surface area contributed by atoms with Crippen LogP contribution in [0, 0.1) is 0 Å². The van der Waals surface area contributed by atoms with Gasteiger partial charge in [0.25, 0.3) is 11.7 Å². The standard InChI is InChI=1S/C7H6ClF2N3O/c8-5(14)2-1-3(11)4(6(9)10)13-7(2)12/h1,6H,11H2,(H2,12,13). The van der Waals surface area contributed by atoms with E-state index in [0.29, 0.717) is 0 Å². The van der Waals surface area contributed by atoms with Gasteiger partial charge in [0.2, 0.25) is 0 Å². The fourth-order valence-corrected chi connectivity index (χ4v) is 1.04. The zero-order valence-electron chi connectivity index (χ0n) is 6.80. The van der Waals surface area contributed by atoms with Crippen molar-refractivity contribution in [1.29, 1.82) is 0 Å². The molecular formula is C7H6ClF2N3O. The van der Waals surface area contributed by atoms with Gasteiger partial charge in [0.05, 0.1) is 11.3 Å². The predicted octanol–water partition coefficient (Wildman–Crippen LogP) is 1.56. The van der Waals surface area contributed by atoms with Gasteiger partial charge < -0.3 is 11.5 Å². The molecule has 1 aromatic heterocycles. The SMILES string of the molecule is Nc1cc(C(=O)Cl)c(N)nc1C(F)F. The number of anilines is 2. The lowest BCUT2D eigenvalue weighted by molar-refractivity contribution is 0.108. The Labute approximate surface area is 82.9 Å². The molecular weight excluding hydrogens is 216 g/mol. The molecule has 0 aromatic carbocycles. The molecule has 0 aliphatic rings. The van der Waals surface area contributed by atoms with E-state index in [0.717, 1.165) is 6.07 Å². The first-order chi connectivity index (χ1) is 6.43. The Morgan fingerprint density at radius 3 is 2.50 bits per heavy atom. The average Bonchev–Trinajstić information content (AvgIpc) is 2.07.